The Kier molecular flexibility index (Phi) is 6.96. The number of hydrogen-bond donors (Lipinski definition) is 2. The Balaban J connectivity index is 1.38. The molecule has 180 valence electrons. The van der Waals surface area contributed by atoms with E-state index in [4.69, 9.17) is 13.7 Å². The van der Waals surface area contributed by atoms with Gasteiger partial charge in [-0.05, 0) is 58.0 Å². The average molecular weight is 475 g/mol. The molecule has 2 amide bonds. The largest absolute Gasteiger partial charge is 0.484 e. The van der Waals surface area contributed by atoms with Crippen molar-refractivity contribution >= 4 is 17.5 Å². The molecule has 0 aliphatic heterocycles. The highest BCUT2D eigenvalue weighted by Gasteiger charge is 2.19. The summed E-state index contributed by atoms with van der Waals surface area (Å²) in [5.74, 6) is 1.48. The van der Waals surface area contributed by atoms with Crippen LogP contribution in [0, 0.1) is 27.7 Å². The number of rotatable bonds is 8. The van der Waals surface area contributed by atoms with Crippen LogP contribution in [0.5, 0.6) is 5.75 Å². The van der Waals surface area contributed by atoms with Crippen LogP contribution in [-0.2, 0) is 11.3 Å². The number of nitrogens with one attached hydrogen (secondary N) is 2. The zero-order chi connectivity index (χ0) is 24.9. The Morgan fingerprint density at radius 1 is 1.00 bits per heavy atom. The second-order valence-electron chi connectivity index (χ2n) is 8.13. The van der Waals surface area contributed by atoms with Gasteiger partial charge in [-0.15, -0.1) is 0 Å². The van der Waals surface area contributed by atoms with Gasteiger partial charge in [0.2, 0.25) is 5.89 Å². The molecule has 4 aromatic rings. The van der Waals surface area contributed by atoms with Gasteiger partial charge in [-0.3, -0.25) is 9.59 Å². The van der Waals surface area contributed by atoms with E-state index in [2.05, 4.69) is 20.8 Å². The smallest absolute Gasteiger partial charge is 0.262 e. The van der Waals surface area contributed by atoms with E-state index < -0.39 is 0 Å². The molecule has 0 atom stereocenters. The molecule has 0 aliphatic carbocycles. The third-order valence-corrected chi connectivity index (χ3v) is 5.35. The standard InChI is InChI=1S/C26H26N4O5/c1-15-8-10-21(11-9-15)33-14-23(31)28-20-7-5-6-19(12-20)26-29-22(17(3)34-26)13-27-25(32)24-16(2)30-35-18(24)4/h5-12H,13-14H2,1-4H3,(H,27,32)(H,28,31). The third kappa shape index (κ3) is 5.75. The number of benzene rings is 2. The second-order valence-corrected chi connectivity index (χ2v) is 8.13. The van der Waals surface area contributed by atoms with Gasteiger partial charge in [0.25, 0.3) is 11.8 Å². The molecule has 9 nitrogen and oxygen atoms in total. The molecule has 0 saturated carbocycles. The summed E-state index contributed by atoms with van der Waals surface area (Å²) < 4.78 is 16.4. The lowest BCUT2D eigenvalue weighted by Crippen LogP contribution is -2.24. The Hall–Kier alpha value is -4.40. The molecule has 2 aromatic heterocycles. The summed E-state index contributed by atoms with van der Waals surface area (Å²) in [7, 11) is 0. The Labute approximate surface area is 202 Å². The fourth-order valence-corrected chi connectivity index (χ4v) is 3.49. The van der Waals surface area contributed by atoms with Crippen molar-refractivity contribution in [1.82, 2.24) is 15.5 Å². The van der Waals surface area contributed by atoms with Crippen LogP contribution < -0.4 is 15.4 Å². The predicted molar refractivity (Wildman–Crippen MR) is 129 cm³/mol. The molecule has 0 bridgehead atoms. The molecule has 0 spiro atoms. The number of carbonyl (C=O) groups is 2. The van der Waals surface area contributed by atoms with Gasteiger partial charge in [0, 0.05) is 11.3 Å². The van der Waals surface area contributed by atoms with Gasteiger partial charge in [-0.1, -0.05) is 28.9 Å². The Morgan fingerprint density at radius 3 is 2.49 bits per heavy atom. The van der Waals surface area contributed by atoms with Crippen LogP contribution in [0.4, 0.5) is 5.69 Å². The van der Waals surface area contributed by atoms with Gasteiger partial charge in [-0.2, -0.15) is 0 Å². The highest BCUT2D eigenvalue weighted by atomic mass is 16.5. The van der Waals surface area contributed by atoms with E-state index in [1.807, 2.05) is 37.3 Å². The predicted octanol–water partition coefficient (Wildman–Crippen LogP) is 4.51. The molecule has 9 heteroatoms. The molecular weight excluding hydrogens is 448 g/mol. The molecule has 0 radical (unpaired) electrons. The van der Waals surface area contributed by atoms with Gasteiger partial charge in [0.05, 0.1) is 12.2 Å². The minimum Gasteiger partial charge on any atom is -0.484 e. The van der Waals surface area contributed by atoms with Crippen LogP contribution in [0.1, 0.15) is 38.8 Å². The molecule has 0 fully saturated rings. The van der Waals surface area contributed by atoms with Crippen molar-refractivity contribution in [3.05, 3.63) is 82.6 Å². The van der Waals surface area contributed by atoms with Gasteiger partial charge in [0.15, 0.2) is 6.61 Å². The average Bonchev–Trinajstić information content (AvgIpc) is 3.38. The van der Waals surface area contributed by atoms with E-state index in [1.54, 1.807) is 39.0 Å². The van der Waals surface area contributed by atoms with Crippen molar-refractivity contribution in [2.45, 2.75) is 34.2 Å². The molecular formula is C26H26N4O5. The van der Waals surface area contributed by atoms with E-state index in [9.17, 15) is 9.59 Å². The van der Waals surface area contributed by atoms with Gasteiger partial charge in [0.1, 0.15) is 28.5 Å². The zero-order valence-electron chi connectivity index (χ0n) is 20.0. The second kappa shape index (κ2) is 10.3. The SMILES string of the molecule is Cc1ccc(OCC(=O)Nc2cccc(-c3nc(CNC(=O)c4c(C)noc4C)c(C)o3)c2)cc1. The molecule has 4 rings (SSSR count). The highest BCUT2D eigenvalue weighted by molar-refractivity contribution is 5.96. The van der Waals surface area contributed by atoms with E-state index in [-0.39, 0.29) is 25.0 Å². The summed E-state index contributed by atoms with van der Waals surface area (Å²) in [4.78, 5) is 29.3. The van der Waals surface area contributed by atoms with Crippen LogP contribution in [0.15, 0.2) is 57.5 Å². The van der Waals surface area contributed by atoms with Gasteiger partial charge >= 0.3 is 0 Å². The van der Waals surface area contributed by atoms with Gasteiger partial charge < -0.3 is 24.3 Å². The molecule has 0 unspecified atom stereocenters. The number of ether oxygens (including phenoxy) is 1. The fraction of sp³-hybridized carbons (Fsp3) is 0.231. The summed E-state index contributed by atoms with van der Waals surface area (Å²) in [6, 6.07) is 14.7. The van der Waals surface area contributed by atoms with Crippen LogP contribution in [0.25, 0.3) is 11.5 Å². The van der Waals surface area contributed by atoms with Crippen molar-refractivity contribution in [2.75, 3.05) is 11.9 Å². The van der Waals surface area contributed by atoms with Crippen molar-refractivity contribution in [3.63, 3.8) is 0 Å². The highest BCUT2D eigenvalue weighted by Crippen LogP contribution is 2.25. The number of anilines is 1. The first-order valence-electron chi connectivity index (χ1n) is 11.1. The topological polar surface area (TPSA) is 119 Å². The number of amides is 2. The van der Waals surface area contributed by atoms with E-state index >= 15 is 0 Å². The van der Waals surface area contributed by atoms with Crippen LogP contribution in [-0.4, -0.2) is 28.6 Å². The van der Waals surface area contributed by atoms with Crippen molar-refractivity contribution < 1.29 is 23.3 Å². The Morgan fingerprint density at radius 2 is 1.77 bits per heavy atom. The Bertz CT molecular complexity index is 1340. The summed E-state index contributed by atoms with van der Waals surface area (Å²) in [5.41, 5.74) is 3.94. The lowest BCUT2D eigenvalue weighted by atomic mass is 10.2. The zero-order valence-corrected chi connectivity index (χ0v) is 20.0. The molecule has 0 saturated heterocycles. The summed E-state index contributed by atoms with van der Waals surface area (Å²) in [5, 5.41) is 9.45. The van der Waals surface area contributed by atoms with Crippen molar-refractivity contribution in [1.29, 1.82) is 0 Å². The fourth-order valence-electron chi connectivity index (χ4n) is 3.49. The van der Waals surface area contributed by atoms with Crippen LogP contribution in [0.3, 0.4) is 0 Å². The number of aryl methyl sites for hydroxylation is 4. The van der Waals surface area contributed by atoms with Crippen molar-refractivity contribution in [3.8, 4) is 17.2 Å². The first-order chi connectivity index (χ1) is 16.8. The lowest BCUT2D eigenvalue weighted by molar-refractivity contribution is -0.118. The molecule has 35 heavy (non-hydrogen) atoms. The first-order valence-corrected chi connectivity index (χ1v) is 11.1. The summed E-state index contributed by atoms with van der Waals surface area (Å²) in [6.07, 6.45) is 0. The van der Waals surface area contributed by atoms with E-state index in [0.29, 0.717) is 51.4 Å². The number of aromatic nitrogens is 2. The molecule has 2 N–H and O–H groups in total. The van der Waals surface area contributed by atoms with E-state index in [1.165, 1.54) is 0 Å². The monoisotopic (exact) mass is 474 g/mol. The minimum atomic E-state index is -0.289. The maximum absolute atomic E-state index is 12.5. The van der Waals surface area contributed by atoms with Crippen LogP contribution in [0.2, 0.25) is 0 Å². The van der Waals surface area contributed by atoms with E-state index in [0.717, 1.165) is 5.56 Å². The summed E-state index contributed by atoms with van der Waals surface area (Å²) >= 11 is 0. The summed E-state index contributed by atoms with van der Waals surface area (Å²) in [6.45, 7) is 7.24. The normalized spacial score (nSPS) is 10.7. The minimum absolute atomic E-state index is 0.111. The third-order valence-electron chi connectivity index (χ3n) is 5.35. The maximum atomic E-state index is 12.5. The van der Waals surface area contributed by atoms with Crippen molar-refractivity contribution in [2.24, 2.45) is 0 Å². The lowest BCUT2D eigenvalue weighted by Gasteiger charge is -2.08. The molecule has 2 heterocycles. The maximum Gasteiger partial charge on any atom is 0.262 e. The molecule has 0 aliphatic rings. The first kappa shape index (κ1) is 23.7. The molecule has 2 aromatic carbocycles. The quantitative estimate of drug-likeness (QED) is 0.385. The number of hydrogen-bond acceptors (Lipinski definition) is 7. The van der Waals surface area contributed by atoms with Crippen LogP contribution >= 0.6 is 0 Å². The number of carbonyl (C=O) groups excluding carboxylic acids is 2. The van der Waals surface area contributed by atoms with Gasteiger partial charge in [-0.25, -0.2) is 4.98 Å². The number of oxazole rings is 1. The number of nitrogens with zero attached hydrogens (tertiary/aromatic N) is 2.